The van der Waals surface area contributed by atoms with Gasteiger partial charge in [0, 0.05) is 6.08 Å². The van der Waals surface area contributed by atoms with Crippen molar-refractivity contribution in [3.05, 3.63) is 58.7 Å². The van der Waals surface area contributed by atoms with E-state index in [0.717, 1.165) is 29.7 Å². The Bertz CT molecular complexity index is 734. The van der Waals surface area contributed by atoms with Gasteiger partial charge >= 0.3 is 5.97 Å². The molecule has 3 nitrogen and oxygen atoms in total. The van der Waals surface area contributed by atoms with Crippen LogP contribution in [-0.4, -0.2) is 18.2 Å². The number of carboxylic acids is 1. The summed E-state index contributed by atoms with van der Waals surface area (Å²) in [6.07, 6.45) is 9.08. The maximum Gasteiger partial charge on any atom is 0.328 e. The van der Waals surface area contributed by atoms with E-state index in [9.17, 15) is 4.79 Å². The van der Waals surface area contributed by atoms with Crippen LogP contribution < -0.4 is 4.74 Å². The maximum atomic E-state index is 10.6. The number of ether oxygens (including phenoxy) is 1. The molecule has 0 heterocycles. The average Bonchev–Trinajstić information content (AvgIpc) is 2.81. The molecule has 0 atom stereocenters. The van der Waals surface area contributed by atoms with Gasteiger partial charge < -0.3 is 9.84 Å². The second-order valence-electron chi connectivity index (χ2n) is 7.02. The molecule has 1 aromatic carbocycles. The molecule has 1 aromatic rings. The minimum absolute atomic E-state index is 0.176. The third-order valence-electron chi connectivity index (χ3n) is 4.67. The lowest BCUT2D eigenvalue weighted by molar-refractivity contribution is -0.131. The Morgan fingerprint density at radius 3 is 2.62 bits per heavy atom. The molecule has 2 rings (SSSR count). The number of carboxylic acid groups (broad SMARTS) is 1. The summed E-state index contributed by atoms with van der Waals surface area (Å²) >= 11 is 0. The zero-order chi connectivity index (χ0) is 17.9. The fourth-order valence-corrected chi connectivity index (χ4v) is 3.17. The van der Waals surface area contributed by atoms with Crippen LogP contribution in [0.5, 0.6) is 5.75 Å². The summed E-state index contributed by atoms with van der Waals surface area (Å²) in [7, 11) is 1.73. The van der Waals surface area contributed by atoms with Gasteiger partial charge in [0.15, 0.2) is 0 Å². The summed E-state index contributed by atoms with van der Waals surface area (Å²) in [5, 5.41) is 8.73. The SMILES string of the molecule is COc1cc(C(C)=CC=CC(C)=CC(=O)O)cc2c1CCC2(C)C. The minimum Gasteiger partial charge on any atom is -0.496 e. The summed E-state index contributed by atoms with van der Waals surface area (Å²) in [5.74, 6) is 0.0372. The van der Waals surface area contributed by atoms with Crippen LogP contribution in [0.25, 0.3) is 5.57 Å². The van der Waals surface area contributed by atoms with E-state index >= 15 is 0 Å². The Balaban J connectivity index is 2.34. The Kier molecular flexibility index (Phi) is 5.33. The second-order valence-corrected chi connectivity index (χ2v) is 7.02. The molecule has 1 aliphatic carbocycles. The van der Waals surface area contributed by atoms with E-state index in [4.69, 9.17) is 9.84 Å². The van der Waals surface area contributed by atoms with E-state index in [-0.39, 0.29) is 5.41 Å². The van der Waals surface area contributed by atoms with Gasteiger partial charge in [0.1, 0.15) is 5.75 Å². The fraction of sp³-hybridized carbons (Fsp3) is 0.381. The average molecular weight is 326 g/mol. The molecule has 0 aromatic heterocycles. The lowest BCUT2D eigenvalue weighted by Crippen LogP contribution is -2.12. The number of aliphatic carboxylic acids is 1. The predicted octanol–water partition coefficient (Wildman–Crippen LogP) is 4.91. The van der Waals surface area contributed by atoms with Gasteiger partial charge in [-0.15, -0.1) is 0 Å². The first-order chi connectivity index (χ1) is 11.2. The summed E-state index contributed by atoms with van der Waals surface area (Å²) in [4.78, 5) is 10.6. The van der Waals surface area contributed by atoms with Crippen LogP contribution in [0.15, 0.2) is 42.0 Å². The van der Waals surface area contributed by atoms with Crippen molar-refractivity contribution in [1.29, 1.82) is 0 Å². The van der Waals surface area contributed by atoms with Crippen LogP contribution in [0.2, 0.25) is 0 Å². The number of benzene rings is 1. The zero-order valence-electron chi connectivity index (χ0n) is 15.1. The van der Waals surface area contributed by atoms with Crippen molar-refractivity contribution in [3.63, 3.8) is 0 Å². The van der Waals surface area contributed by atoms with Gasteiger partial charge in [0.25, 0.3) is 0 Å². The standard InChI is InChI=1S/C21H26O3/c1-14(11-20(22)23)7-6-8-15(2)16-12-18-17(19(13-16)24-5)9-10-21(18,3)4/h6-8,11-13H,9-10H2,1-5H3,(H,22,23). The fourth-order valence-electron chi connectivity index (χ4n) is 3.17. The van der Waals surface area contributed by atoms with E-state index < -0.39 is 5.97 Å². The van der Waals surface area contributed by atoms with Crippen LogP contribution in [-0.2, 0) is 16.6 Å². The number of carbonyl (C=O) groups is 1. The van der Waals surface area contributed by atoms with E-state index in [2.05, 4.69) is 32.9 Å². The van der Waals surface area contributed by atoms with Gasteiger partial charge in [-0.1, -0.05) is 38.1 Å². The topological polar surface area (TPSA) is 46.5 Å². The summed E-state index contributed by atoms with van der Waals surface area (Å²) in [6, 6.07) is 4.37. The highest BCUT2D eigenvalue weighted by Gasteiger charge is 2.32. The van der Waals surface area contributed by atoms with Crippen molar-refractivity contribution >= 4 is 11.5 Å². The molecule has 3 heteroatoms. The van der Waals surface area contributed by atoms with E-state index in [0.29, 0.717) is 5.57 Å². The van der Waals surface area contributed by atoms with Crippen molar-refractivity contribution in [1.82, 2.24) is 0 Å². The highest BCUT2D eigenvalue weighted by atomic mass is 16.5. The molecule has 0 radical (unpaired) electrons. The number of allylic oxidation sites excluding steroid dienone is 5. The third kappa shape index (κ3) is 3.97. The largest absolute Gasteiger partial charge is 0.496 e. The van der Waals surface area contributed by atoms with Crippen LogP contribution in [0.4, 0.5) is 0 Å². The number of fused-ring (bicyclic) bond motifs is 1. The first kappa shape index (κ1) is 18.1. The predicted molar refractivity (Wildman–Crippen MR) is 98.5 cm³/mol. The summed E-state index contributed by atoms with van der Waals surface area (Å²) in [6.45, 7) is 8.39. The molecule has 0 fully saturated rings. The third-order valence-corrected chi connectivity index (χ3v) is 4.67. The Hall–Kier alpha value is -2.29. The first-order valence-electron chi connectivity index (χ1n) is 8.22. The molecule has 128 valence electrons. The van der Waals surface area contributed by atoms with Crippen molar-refractivity contribution in [2.45, 2.75) is 46.0 Å². The second kappa shape index (κ2) is 7.08. The van der Waals surface area contributed by atoms with Crippen molar-refractivity contribution in [3.8, 4) is 5.75 Å². The Labute approximate surface area is 144 Å². The van der Waals surface area contributed by atoms with E-state index in [1.165, 1.54) is 17.2 Å². The summed E-state index contributed by atoms with van der Waals surface area (Å²) < 4.78 is 5.61. The van der Waals surface area contributed by atoms with Crippen LogP contribution in [0, 0.1) is 0 Å². The lowest BCUT2D eigenvalue weighted by Gasteiger charge is -2.20. The smallest absolute Gasteiger partial charge is 0.328 e. The molecular weight excluding hydrogens is 300 g/mol. The molecule has 0 amide bonds. The monoisotopic (exact) mass is 326 g/mol. The normalized spacial score (nSPS) is 17.2. The first-order valence-corrected chi connectivity index (χ1v) is 8.22. The molecule has 0 bridgehead atoms. The molecule has 24 heavy (non-hydrogen) atoms. The van der Waals surface area contributed by atoms with Gasteiger partial charge in [-0.05, 0) is 66.0 Å². The van der Waals surface area contributed by atoms with Gasteiger partial charge in [-0.25, -0.2) is 4.79 Å². The zero-order valence-corrected chi connectivity index (χ0v) is 15.1. The molecule has 1 aliphatic rings. The number of hydrogen-bond acceptors (Lipinski definition) is 2. The quantitative estimate of drug-likeness (QED) is 0.618. The molecule has 0 saturated heterocycles. The molecule has 0 saturated carbocycles. The molecule has 1 N–H and O–H groups in total. The van der Waals surface area contributed by atoms with Gasteiger partial charge in [-0.2, -0.15) is 0 Å². The lowest BCUT2D eigenvalue weighted by atomic mass is 9.85. The molecule has 0 unspecified atom stereocenters. The van der Waals surface area contributed by atoms with Gasteiger partial charge in [-0.3, -0.25) is 0 Å². The van der Waals surface area contributed by atoms with Gasteiger partial charge in [0.05, 0.1) is 7.11 Å². The van der Waals surface area contributed by atoms with E-state index in [1.54, 1.807) is 20.1 Å². The van der Waals surface area contributed by atoms with Crippen LogP contribution in [0.1, 0.15) is 50.8 Å². The number of methoxy groups -OCH3 is 1. The van der Waals surface area contributed by atoms with Gasteiger partial charge in [0.2, 0.25) is 0 Å². The van der Waals surface area contributed by atoms with Crippen molar-refractivity contribution in [2.24, 2.45) is 0 Å². The Morgan fingerprint density at radius 2 is 2.00 bits per heavy atom. The van der Waals surface area contributed by atoms with Crippen LogP contribution in [0.3, 0.4) is 0 Å². The highest BCUT2D eigenvalue weighted by molar-refractivity contribution is 5.81. The molecule has 0 aliphatic heterocycles. The highest BCUT2D eigenvalue weighted by Crippen LogP contribution is 2.43. The maximum absolute atomic E-state index is 10.6. The van der Waals surface area contributed by atoms with E-state index in [1.807, 2.05) is 12.2 Å². The number of hydrogen-bond donors (Lipinski definition) is 1. The minimum atomic E-state index is -0.927. The summed E-state index contributed by atoms with van der Waals surface area (Å²) in [5.41, 5.74) is 5.85. The van der Waals surface area contributed by atoms with Crippen LogP contribution >= 0.6 is 0 Å². The molecule has 0 spiro atoms. The van der Waals surface area contributed by atoms with Crippen molar-refractivity contribution < 1.29 is 14.6 Å². The Morgan fingerprint density at radius 1 is 1.29 bits per heavy atom. The van der Waals surface area contributed by atoms with Crippen molar-refractivity contribution in [2.75, 3.05) is 7.11 Å². The molecular formula is C21H26O3. The number of rotatable bonds is 5.